The van der Waals surface area contributed by atoms with Crippen molar-refractivity contribution in [2.75, 3.05) is 6.54 Å². The Morgan fingerprint density at radius 2 is 2.19 bits per heavy atom. The predicted molar refractivity (Wildman–Crippen MR) is 63.8 cm³/mol. The van der Waals surface area contributed by atoms with Gasteiger partial charge < -0.3 is 16.2 Å². The van der Waals surface area contributed by atoms with Gasteiger partial charge in [0.2, 0.25) is 5.91 Å². The second-order valence-electron chi connectivity index (χ2n) is 5.11. The maximum atomic E-state index is 11.9. The number of nitrogens with one attached hydrogen (secondary N) is 1. The van der Waals surface area contributed by atoms with Gasteiger partial charge >= 0.3 is 0 Å². The first-order valence-corrected chi connectivity index (χ1v) is 6.23. The lowest BCUT2D eigenvalue weighted by Gasteiger charge is -2.29. The average molecular weight is 228 g/mol. The van der Waals surface area contributed by atoms with Crippen LogP contribution in [0.5, 0.6) is 0 Å². The van der Waals surface area contributed by atoms with Crippen LogP contribution in [0.1, 0.15) is 39.5 Å². The SMILES string of the molecule is CC(C)C(CN)C(=O)NC1CCCC(O)C1. The van der Waals surface area contributed by atoms with Crippen LogP contribution < -0.4 is 11.1 Å². The Morgan fingerprint density at radius 3 is 2.69 bits per heavy atom. The lowest BCUT2D eigenvalue weighted by molar-refractivity contribution is -0.127. The normalized spacial score (nSPS) is 27.8. The summed E-state index contributed by atoms with van der Waals surface area (Å²) in [7, 11) is 0. The minimum Gasteiger partial charge on any atom is -0.393 e. The maximum Gasteiger partial charge on any atom is 0.224 e. The number of carbonyl (C=O) groups excluding carboxylic acids is 1. The third kappa shape index (κ3) is 3.76. The number of amides is 1. The Bertz CT molecular complexity index is 231. The molecule has 0 radical (unpaired) electrons. The summed E-state index contributed by atoms with van der Waals surface area (Å²) in [5.74, 6) is 0.189. The van der Waals surface area contributed by atoms with Crippen molar-refractivity contribution in [3.05, 3.63) is 0 Å². The van der Waals surface area contributed by atoms with Gasteiger partial charge in [-0.1, -0.05) is 13.8 Å². The molecule has 94 valence electrons. The van der Waals surface area contributed by atoms with E-state index >= 15 is 0 Å². The van der Waals surface area contributed by atoms with E-state index in [1.807, 2.05) is 13.8 Å². The molecule has 4 nitrogen and oxygen atoms in total. The first-order valence-electron chi connectivity index (χ1n) is 6.23. The Balaban J connectivity index is 2.43. The molecule has 0 saturated heterocycles. The van der Waals surface area contributed by atoms with Crippen molar-refractivity contribution in [1.29, 1.82) is 0 Å². The Morgan fingerprint density at radius 1 is 1.50 bits per heavy atom. The zero-order valence-electron chi connectivity index (χ0n) is 10.3. The van der Waals surface area contributed by atoms with E-state index in [4.69, 9.17) is 5.73 Å². The van der Waals surface area contributed by atoms with Gasteiger partial charge in [0, 0.05) is 12.6 Å². The smallest absolute Gasteiger partial charge is 0.224 e. The van der Waals surface area contributed by atoms with Crippen LogP contribution in [0.2, 0.25) is 0 Å². The molecule has 0 bridgehead atoms. The highest BCUT2D eigenvalue weighted by molar-refractivity contribution is 5.79. The molecule has 1 saturated carbocycles. The topological polar surface area (TPSA) is 75.4 Å². The summed E-state index contributed by atoms with van der Waals surface area (Å²) in [6, 6.07) is 0.129. The molecule has 0 spiro atoms. The summed E-state index contributed by atoms with van der Waals surface area (Å²) in [5.41, 5.74) is 5.60. The van der Waals surface area contributed by atoms with Crippen molar-refractivity contribution in [2.45, 2.75) is 51.7 Å². The van der Waals surface area contributed by atoms with Crippen molar-refractivity contribution in [3.63, 3.8) is 0 Å². The Kier molecular flexibility index (Phi) is 5.22. The quantitative estimate of drug-likeness (QED) is 0.661. The number of hydrogen-bond donors (Lipinski definition) is 3. The van der Waals surface area contributed by atoms with Gasteiger partial charge in [-0.3, -0.25) is 4.79 Å². The number of aliphatic hydroxyl groups is 1. The molecule has 1 rings (SSSR count). The summed E-state index contributed by atoms with van der Waals surface area (Å²) in [6.45, 7) is 4.40. The second-order valence-corrected chi connectivity index (χ2v) is 5.11. The fraction of sp³-hybridized carbons (Fsp3) is 0.917. The van der Waals surface area contributed by atoms with Crippen molar-refractivity contribution in [3.8, 4) is 0 Å². The van der Waals surface area contributed by atoms with Crippen LogP contribution in [0.15, 0.2) is 0 Å². The van der Waals surface area contributed by atoms with Gasteiger partial charge in [-0.15, -0.1) is 0 Å². The standard InChI is InChI=1S/C12H24N2O2/c1-8(2)11(7-13)12(16)14-9-4-3-5-10(15)6-9/h8-11,15H,3-7,13H2,1-2H3,(H,14,16). The molecular weight excluding hydrogens is 204 g/mol. The molecule has 0 aromatic carbocycles. The van der Waals surface area contributed by atoms with Crippen molar-refractivity contribution in [1.82, 2.24) is 5.32 Å². The minimum atomic E-state index is -0.255. The zero-order valence-corrected chi connectivity index (χ0v) is 10.3. The molecule has 1 amide bonds. The molecule has 0 heterocycles. The van der Waals surface area contributed by atoms with Gasteiger partial charge in [-0.2, -0.15) is 0 Å². The maximum absolute atomic E-state index is 11.9. The molecule has 1 aliphatic rings. The van der Waals surface area contributed by atoms with Crippen LogP contribution >= 0.6 is 0 Å². The molecular formula is C12H24N2O2. The van der Waals surface area contributed by atoms with E-state index in [1.165, 1.54) is 0 Å². The number of nitrogens with two attached hydrogens (primary N) is 1. The van der Waals surface area contributed by atoms with E-state index in [0.29, 0.717) is 13.0 Å². The molecule has 3 atom stereocenters. The number of rotatable bonds is 4. The van der Waals surface area contributed by atoms with Crippen molar-refractivity contribution in [2.24, 2.45) is 17.6 Å². The highest BCUT2D eigenvalue weighted by Crippen LogP contribution is 2.19. The third-order valence-corrected chi connectivity index (χ3v) is 3.39. The molecule has 1 aliphatic carbocycles. The first-order chi connectivity index (χ1) is 7.54. The summed E-state index contributed by atoms with van der Waals surface area (Å²) in [6.07, 6.45) is 3.24. The van der Waals surface area contributed by atoms with Gasteiger partial charge in [-0.25, -0.2) is 0 Å². The number of hydrogen-bond acceptors (Lipinski definition) is 3. The highest BCUT2D eigenvalue weighted by Gasteiger charge is 2.26. The summed E-state index contributed by atoms with van der Waals surface area (Å²) >= 11 is 0. The lowest BCUT2D eigenvalue weighted by atomic mass is 9.90. The fourth-order valence-electron chi connectivity index (χ4n) is 2.29. The molecule has 0 aromatic rings. The Hall–Kier alpha value is -0.610. The van der Waals surface area contributed by atoms with E-state index in [-0.39, 0.29) is 29.9 Å². The third-order valence-electron chi connectivity index (χ3n) is 3.39. The molecule has 3 unspecified atom stereocenters. The lowest BCUT2D eigenvalue weighted by Crippen LogP contribution is -2.45. The van der Waals surface area contributed by atoms with Gasteiger partial charge in [0.05, 0.1) is 12.0 Å². The molecule has 1 fully saturated rings. The van der Waals surface area contributed by atoms with E-state index in [2.05, 4.69) is 5.32 Å². The fourth-order valence-corrected chi connectivity index (χ4v) is 2.29. The van der Waals surface area contributed by atoms with Gasteiger partial charge in [0.15, 0.2) is 0 Å². The van der Waals surface area contributed by atoms with E-state index in [9.17, 15) is 9.90 Å². The van der Waals surface area contributed by atoms with Crippen LogP contribution in [0.4, 0.5) is 0 Å². The minimum absolute atomic E-state index is 0.0385. The molecule has 4 heteroatoms. The van der Waals surface area contributed by atoms with Gasteiger partial charge in [-0.05, 0) is 31.6 Å². The monoisotopic (exact) mass is 228 g/mol. The second kappa shape index (κ2) is 6.21. The summed E-state index contributed by atoms with van der Waals surface area (Å²) in [4.78, 5) is 11.9. The van der Waals surface area contributed by atoms with Crippen LogP contribution in [0, 0.1) is 11.8 Å². The molecule has 4 N–H and O–H groups in total. The van der Waals surface area contributed by atoms with Crippen LogP contribution in [-0.4, -0.2) is 29.7 Å². The summed E-state index contributed by atoms with van der Waals surface area (Å²) in [5, 5.41) is 12.5. The van der Waals surface area contributed by atoms with Crippen LogP contribution in [0.3, 0.4) is 0 Å². The number of aliphatic hydroxyl groups excluding tert-OH is 1. The largest absolute Gasteiger partial charge is 0.393 e. The highest BCUT2D eigenvalue weighted by atomic mass is 16.3. The van der Waals surface area contributed by atoms with E-state index in [0.717, 1.165) is 19.3 Å². The molecule has 0 aromatic heterocycles. The van der Waals surface area contributed by atoms with E-state index in [1.54, 1.807) is 0 Å². The zero-order chi connectivity index (χ0) is 12.1. The average Bonchev–Trinajstić information content (AvgIpc) is 2.17. The van der Waals surface area contributed by atoms with Crippen LogP contribution in [0.25, 0.3) is 0 Å². The Labute approximate surface area is 97.6 Å². The van der Waals surface area contributed by atoms with E-state index < -0.39 is 0 Å². The molecule has 0 aliphatic heterocycles. The van der Waals surface area contributed by atoms with Crippen LogP contribution in [-0.2, 0) is 4.79 Å². The number of carbonyl (C=O) groups is 1. The molecule has 16 heavy (non-hydrogen) atoms. The van der Waals surface area contributed by atoms with Crippen molar-refractivity contribution < 1.29 is 9.90 Å². The van der Waals surface area contributed by atoms with Gasteiger partial charge in [0.1, 0.15) is 0 Å². The van der Waals surface area contributed by atoms with Gasteiger partial charge in [0.25, 0.3) is 0 Å². The van der Waals surface area contributed by atoms with Crippen molar-refractivity contribution >= 4 is 5.91 Å². The summed E-state index contributed by atoms with van der Waals surface area (Å²) < 4.78 is 0. The first kappa shape index (κ1) is 13.5. The predicted octanol–water partition coefficient (Wildman–Crippen LogP) is 0.637.